The molecule has 20 heavy (non-hydrogen) atoms. The molecule has 0 aromatic carbocycles. The van der Waals surface area contributed by atoms with Crippen LogP contribution >= 0.6 is 11.6 Å². The van der Waals surface area contributed by atoms with Crippen LogP contribution in [0.2, 0.25) is 5.02 Å². The van der Waals surface area contributed by atoms with Crippen molar-refractivity contribution in [3.8, 4) is 0 Å². The van der Waals surface area contributed by atoms with Gasteiger partial charge in [-0.2, -0.15) is 0 Å². The lowest BCUT2D eigenvalue weighted by atomic mass is 9.85. The molecular weight excluding hydrogens is 285 g/mol. The molecule has 110 valence electrons. The summed E-state index contributed by atoms with van der Waals surface area (Å²) in [7, 11) is 0. The van der Waals surface area contributed by atoms with Gasteiger partial charge in [-0.25, -0.2) is 9.37 Å². The average Bonchev–Trinajstić information content (AvgIpc) is 2.33. The zero-order valence-electron chi connectivity index (χ0n) is 11.1. The fourth-order valence-electron chi connectivity index (χ4n) is 2.39. The first-order chi connectivity index (χ1) is 9.49. The molecule has 1 saturated carbocycles. The van der Waals surface area contributed by atoms with Crippen molar-refractivity contribution < 1.29 is 14.3 Å². The van der Waals surface area contributed by atoms with Crippen LogP contribution in [0.4, 0.5) is 10.2 Å². The highest BCUT2D eigenvalue weighted by Gasteiger charge is 2.34. The lowest BCUT2D eigenvalue weighted by molar-refractivity contribution is -0.139. The molecule has 1 aliphatic rings. The van der Waals surface area contributed by atoms with E-state index in [1.54, 1.807) is 0 Å². The highest BCUT2D eigenvalue weighted by atomic mass is 35.5. The summed E-state index contributed by atoms with van der Waals surface area (Å²) < 4.78 is 13.6. The van der Waals surface area contributed by atoms with Crippen molar-refractivity contribution in [1.29, 1.82) is 0 Å². The molecule has 0 bridgehead atoms. The predicted molar refractivity (Wildman–Crippen MR) is 74.5 cm³/mol. The number of nitrogens with one attached hydrogen (secondary N) is 1. The highest BCUT2D eigenvalue weighted by molar-refractivity contribution is 6.30. The van der Waals surface area contributed by atoms with Crippen LogP contribution < -0.4 is 5.32 Å². The van der Waals surface area contributed by atoms with E-state index in [0.29, 0.717) is 6.54 Å². The second kappa shape index (κ2) is 6.37. The number of carbonyl (C=O) groups is 1. The summed E-state index contributed by atoms with van der Waals surface area (Å²) in [4.78, 5) is 16.6. The monoisotopic (exact) mass is 301 g/mol. The van der Waals surface area contributed by atoms with Crippen LogP contribution in [-0.2, 0) is 4.79 Å². The van der Waals surface area contributed by atoms with Gasteiger partial charge in [0.15, 0.2) is 11.6 Å². The third-order valence-electron chi connectivity index (χ3n) is 3.52. The van der Waals surface area contributed by atoms with Gasteiger partial charge in [-0.3, -0.25) is 9.69 Å². The van der Waals surface area contributed by atoms with Gasteiger partial charge >= 0.3 is 5.97 Å². The van der Waals surface area contributed by atoms with E-state index in [9.17, 15) is 9.18 Å². The Hall–Kier alpha value is -1.40. The van der Waals surface area contributed by atoms with Crippen molar-refractivity contribution in [3.63, 3.8) is 0 Å². The Kier molecular flexibility index (Phi) is 4.77. The molecule has 1 aliphatic carbocycles. The van der Waals surface area contributed by atoms with Crippen molar-refractivity contribution in [2.75, 3.05) is 18.4 Å². The van der Waals surface area contributed by atoms with Gasteiger partial charge in [-0.1, -0.05) is 18.5 Å². The van der Waals surface area contributed by atoms with Crippen molar-refractivity contribution in [2.45, 2.75) is 31.8 Å². The van der Waals surface area contributed by atoms with Crippen LogP contribution in [-0.4, -0.2) is 46.1 Å². The number of anilines is 1. The van der Waals surface area contributed by atoms with Gasteiger partial charge < -0.3 is 10.4 Å². The number of pyridine rings is 1. The Morgan fingerprint density at radius 3 is 2.90 bits per heavy atom. The first-order valence-corrected chi connectivity index (χ1v) is 6.90. The van der Waals surface area contributed by atoms with Gasteiger partial charge in [0.05, 0.1) is 11.6 Å². The number of aromatic nitrogens is 1. The van der Waals surface area contributed by atoms with Gasteiger partial charge in [0, 0.05) is 18.3 Å². The maximum absolute atomic E-state index is 13.6. The number of rotatable bonds is 6. The van der Waals surface area contributed by atoms with E-state index in [-0.39, 0.29) is 29.5 Å². The molecule has 1 aromatic heterocycles. The third-order valence-corrected chi connectivity index (χ3v) is 3.73. The molecule has 2 N–H and O–H groups in total. The summed E-state index contributed by atoms with van der Waals surface area (Å²) in [5.74, 6) is -1.10. The van der Waals surface area contributed by atoms with E-state index in [4.69, 9.17) is 16.7 Å². The lowest BCUT2D eigenvalue weighted by Gasteiger charge is -2.42. The van der Waals surface area contributed by atoms with Crippen LogP contribution in [0.5, 0.6) is 0 Å². The molecule has 0 atom stereocenters. The number of halogens is 2. The van der Waals surface area contributed by atoms with Gasteiger partial charge in [0.25, 0.3) is 0 Å². The van der Waals surface area contributed by atoms with E-state index in [2.05, 4.69) is 10.3 Å². The Balaban J connectivity index is 1.85. The van der Waals surface area contributed by atoms with Crippen molar-refractivity contribution in [3.05, 3.63) is 23.1 Å². The fourth-order valence-corrected chi connectivity index (χ4v) is 2.54. The van der Waals surface area contributed by atoms with Gasteiger partial charge in [0.1, 0.15) is 0 Å². The quantitative estimate of drug-likeness (QED) is 0.843. The number of likely N-dealkylation sites (N-methyl/N-ethyl adjacent to an activating group) is 1. The summed E-state index contributed by atoms with van der Waals surface area (Å²) in [5, 5.41) is 12.1. The minimum absolute atomic E-state index is 0.0431. The molecule has 1 heterocycles. The third kappa shape index (κ3) is 3.58. The van der Waals surface area contributed by atoms with E-state index >= 15 is 0 Å². The Morgan fingerprint density at radius 1 is 1.65 bits per heavy atom. The smallest absolute Gasteiger partial charge is 0.317 e. The molecule has 1 fully saturated rings. The summed E-state index contributed by atoms with van der Waals surface area (Å²) >= 11 is 5.64. The Labute approximate surface area is 121 Å². The summed E-state index contributed by atoms with van der Waals surface area (Å²) in [6.07, 6.45) is 2.96. The predicted octanol–water partition coefficient (Wildman–Crippen LogP) is 2.22. The van der Waals surface area contributed by atoms with Gasteiger partial charge in [-0.15, -0.1) is 0 Å². The number of hydrogen-bond acceptors (Lipinski definition) is 4. The lowest BCUT2D eigenvalue weighted by Crippen LogP contribution is -2.51. The van der Waals surface area contributed by atoms with Crippen LogP contribution in [0, 0.1) is 5.82 Å². The van der Waals surface area contributed by atoms with Crippen LogP contribution in [0.15, 0.2) is 12.3 Å². The van der Waals surface area contributed by atoms with Crippen LogP contribution in [0.25, 0.3) is 0 Å². The molecule has 1 aromatic rings. The summed E-state index contributed by atoms with van der Waals surface area (Å²) in [6, 6.07) is 1.56. The maximum atomic E-state index is 13.6. The van der Waals surface area contributed by atoms with E-state index < -0.39 is 11.8 Å². The minimum atomic E-state index is -0.825. The molecule has 0 unspecified atom stereocenters. The zero-order valence-corrected chi connectivity index (χ0v) is 11.9. The van der Waals surface area contributed by atoms with Crippen LogP contribution in [0.1, 0.15) is 19.8 Å². The largest absolute Gasteiger partial charge is 0.480 e. The first kappa shape index (κ1) is 15.0. The second-order valence-corrected chi connectivity index (χ2v) is 5.34. The van der Waals surface area contributed by atoms with Crippen LogP contribution in [0.3, 0.4) is 0 Å². The van der Waals surface area contributed by atoms with Gasteiger partial charge in [-0.05, 0) is 25.5 Å². The highest BCUT2D eigenvalue weighted by Crippen LogP contribution is 2.29. The van der Waals surface area contributed by atoms with Crippen molar-refractivity contribution >= 4 is 23.4 Å². The number of hydrogen-bond donors (Lipinski definition) is 2. The molecule has 2 rings (SSSR count). The molecule has 5 nitrogen and oxygen atoms in total. The second-order valence-electron chi connectivity index (χ2n) is 4.91. The molecular formula is C13H17ClFN3O2. The fraction of sp³-hybridized carbons (Fsp3) is 0.538. The summed E-state index contributed by atoms with van der Waals surface area (Å²) in [6.45, 7) is 2.67. The van der Waals surface area contributed by atoms with Crippen molar-refractivity contribution in [1.82, 2.24) is 9.88 Å². The Bertz CT molecular complexity index is 495. The van der Waals surface area contributed by atoms with Gasteiger partial charge in [0.2, 0.25) is 0 Å². The summed E-state index contributed by atoms with van der Waals surface area (Å²) in [5.41, 5.74) is 0. The molecule has 7 heteroatoms. The number of nitrogens with zero attached hydrogens (tertiary/aromatic N) is 2. The topological polar surface area (TPSA) is 65.5 Å². The molecule has 0 aliphatic heterocycles. The standard InChI is InChI=1S/C13H17ClFN3O2/c1-2-18(7-12(19)20)10-4-9(5-10)17-13-11(15)3-8(14)6-16-13/h3,6,9-10H,2,4-5,7H2,1H3,(H,16,17)(H,19,20). The van der Waals surface area contributed by atoms with E-state index in [1.807, 2.05) is 11.8 Å². The SMILES string of the molecule is CCN(CC(=O)O)C1CC(Nc2ncc(Cl)cc2F)C1. The normalized spacial score (nSPS) is 21.6. The van der Waals surface area contributed by atoms with E-state index in [1.165, 1.54) is 12.3 Å². The molecule has 0 spiro atoms. The van der Waals surface area contributed by atoms with E-state index in [0.717, 1.165) is 12.8 Å². The number of carboxylic acids is 1. The average molecular weight is 302 g/mol. The van der Waals surface area contributed by atoms with Crippen molar-refractivity contribution in [2.24, 2.45) is 0 Å². The minimum Gasteiger partial charge on any atom is -0.480 e. The first-order valence-electron chi connectivity index (χ1n) is 6.53. The Morgan fingerprint density at radius 2 is 2.35 bits per heavy atom. The molecule has 0 amide bonds. The number of carboxylic acid groups (broad SMARTS) is 1. The zero-order chi connectivity index (χ0) is 14.7. The molecule has 0 saturated heterocycles. The maximum Gasteiger partial charge on any atom is 0.317 e. The number of aliphatic carboxylic acids is 1. The molecule has 0 radical (unpaired) electrons.